The molecule has 3 nitrogen and oxygen atoms in total. The third kappa shape index (κ3) is 2.70. The van der Waals surface area contributed by atoms with Crippen LogP contribution >= 0.6 is 0 Å². The van der Waals surface area contributed by atoms with Crippen LogP contribution in [0.5, 0.6) is 5.75 Å². The van der Waals surface area contributed by atoms with E-state index in [9.17, 15) is 0 Å². The van der Waals surface area contributed by atoms with Crippen LogP contribution in [0.4, 0.5) is 0 Å². The number of ether oxygens (including phenoxy) is 1. The fraction of sp³-hybridized carbons (Fsp3) is 0.115. The smallest absolute Gasteiger partial charge is 0.213 e. The van der Waals surface area contributed by atoms with Gasteiger partial charge in [0.05, 0.1) is 11.8 Å². The summed E-state index contributed by atoms with van der Waals surface area (Å²) in [5.74, 6) is 0.955. The summed E-state index contributed by atoms with van der Waals surface area (Å²) in [4.78, 5) is 0. The van der Waals surface area contributed by atoms with Gasteiger partial charge in [-0.15, -0.1) is 0 Å². The predicted molar refractivity (Wildman–Crippen MR) is 116 cm³/mol. The predicted octanol–water partition coefficient (Wildman–Crippen LogP) is 6.08. The molecule has 3 heteroatoms. The molecule has 2 aliphatic heterocycles. The summed E-state index contributed by atoms with van der Waals surface area (Å²) in [5.41, 5.74) is 4.62. The van der Waals surface area contributed by atoms with Crippen molar-refractivity contribution in [3.8, 4) is 5.75 Å². The summed E-state index contributed by atoms with van der Waals surface area (Å²) in [7, 11) is 0. The Labute approximate surface area is 169 Å². The molecule has 4 aromatic rings. The Morgan fingerprint density at radius 3 is 2.41 bits per heavy atom. The van der Waals surface area contributed by atoms with Crippen molar-refractivity contribution in [2.45, 2.75) is 18.7 Å². The number of nitrogens with zero attached hydrogens (tertiary/aromatic N) is 2. The van der Waals surface area contributed by atoms with Crippen molar-refractivity contribution in [2.75, 3.05) is 0 Å². The van der Waals surface area contributed by atoms with Gasteiger partial charge in [0.25, 0.3) is 0 Å². The zero-order valence-electron chi connectivity index (χ0n) is 15.9. The molecule has 0 amide bonds. The van der Waals surface area contributed by atoms with Crippen molar-refractivity contribution in [1.29, 1.82) is 0 Å². The molecular weight excluding hydrogens is 356 g/mol. The molecule has 29 heavy (non-hydrogen) atoms. The van der Waals surface area contributed by atoms with E-state index in [1.54, 1.807) is 0 Å². The van der Waals surface area contributed by atoms with E-state index in [1.165, 1.54) is 21.9 Å². The molecule has 0 N–H and O–H groups in total. The lowest BCUT2D eigenvalue weighted by Gasteiger charge is -2.38. The Hall–Kier alpha value is -3.59. The molecule has 0 spiro atoms. The number of hydrogen-bond donors (Lipinski definition) is 0. The van der Waals surface area contributed by atoms with Crippen LogP contribution in [0.3, 0.4) is 0 Å². The van der Waals surface area contributed by atoms with E-state index in [4.69, 9.17) is 9.84 Å². The molecule has 6 rings (SSSR count). The van der Waals surface area contributed by atoms with Crippen LogP contribution < -0.4 is 4.74 Å². The van der Waals surface area contributed by atoms with Gasteiger partial charge in [0.15, 0.2) is 0 Å². The van der Waals surface area contributed by atoms with Crippen LogP contribution in [-0.4, -0.2) is 10.7 Å². The molecule has 2 atom stereocenters. The van der Waals surface area contributed by atoms with E-state index in [0.29, 0.717) is 0 Å². The fourth-order valence-electron chi connectivity index (χ4n) is 4.42. The van der Waals surface area contributed by atoms with E-state index in [-0.39, 0.29) is 12.3 Å². The monoisotopic (exact) mass is 376 g/mol. The number of benzene rings is 4. The second-order valence-electron chi connectivity index (χ2n) is 7.63. The summed E-state index contributed by atoms with van der Waals surface area (Å²) in [6.45, 7) is 0. The molecule has 0 fully saturated rings. The minimum Gasteiger partial charge on any atom is -0.464 e. The number of hydrogen-bond acceptors (Lipinski definition) is 3. The molecule has 0 radical (unpaired) electrons. The summed E-state index contributed by atoms with van der Waals surface area (Å²) < 4.78 is 6.48. The van der Waals surface area contributed by atoms with Crippen molar-refractivity contribution in [3.63, 3.8) is 0 Å². The third-order valence-corrected chi connectivity index (χ3v) is 5.86. The van der Waals surface area contributed by atoms with Gasteiger partial charge in [0.2, 0.25) is 6.23 Å². The fourth-order valence-corrected chi connectivity index (χ4v) is 4.42. The first-order chi connectivity index (χ1) is 14.4. The lowest BCUT2D eigenvalue weighted by molar-refractivity contribution is -0.0189. The highest BCUT2D eigenvalue weighted by atomic mass is 16.5. The Kier molecular flexibility index (Phi) is 3.66. The molecule has 2 heterocycles. The van der Waals surface area contributed by atoms with Crippen molar-refractivity contribution < 1.29 is 4.74 Å². The first kappa shape index (κ1) is 16.4. The molecule has 0 saturated carbocycles. The molecule has 2 aliphatic rings. The maximum absolute atomic E-state index is 6.48. The van der Waals surface area contributed by atoms with Gasteiger partial charge in [-0.1, -0.05) is 84.9 Å². The van der Waals surface area contributed by atoms with Crippen LogP contribution in [0.1, 0.15) is 35.4 Å². The van der Waals surface area contributed by atoms with Crippen LogP contribution in [-0.2, 0) is 0 Å². The second-order valence-corrected chi connectivity index (χ2v) is 7.63. The second kappa shape index (κ2) is 6.49. The Bertz CT molecular complexity index is 1230. The van der Waals surface area contributed by atoms with Gasteiger partial charge in [-0.2, -0.15) is 5.10 Å². The molecule has 0 aliphatic carbocycles. The first-order valence-corrected chi connectivity index (χ1v) is 10.0. The highest BCUT2D eigenvalue weighted by Crippen LogP contribution is 2.47. The minimum atomic E-state index is -0.235. The molecule has 4 aromatic carbocycles. The first-order valence-electron chi connectivity index (χ1n) is 10.0. The molecule has 0 aromatic heterocycles. The van der Waals surface area contributed by atoms with Gasteiger partial charge in [-0.05, 0) is 28.5 Å². The molecule has 0 unspecified atom stereocenters. The normalized spacial score (nSPS) is 20.0. The molecule has 140 valence electrons. The number of rotatable bonds is 2. The number of para-hydroxylation sites is 1. The summed E-state index contributed by atoms with van der Waals surface area (Å²) in [5, 5.41) is 9.64. The van der Waals surface area contributed by atoms with Gasteiger partial charge in [0, 0.05) is 17.5 Å². The Morgan fingerprint density at radius 1 is 0.759 bits per heavy atom. The molecular formula is C26H20N2O. The lowest BCUT2D eigenvalue weighted by atomic mass is 9.95. The summed E-state index contributed by atoms with van der Waals surface area (Å²) in [6.07, 6.45) is 0.648. The average Bonchev–Trinajstić information content (AvgIpc) is 3.25. The van der Waals surface area contributed by atoms with Gasteiger partial charge < -0.3 is 4.74 Å². The van der Waals surface area contributed by atoms with E-state index < -0.39 is 0 Å². The van der Waals surface area contributed by atoms with E-state index in [1.807, 2.05) is 12.1 Å². The lowest BCUT2D eigenvalue weighted by Crippen LogP contribution is -2.33. The van der Waals surface area contributed by atoms with Gasteiger partial charge in [-0.25, -0.2) is 5.01 Å². The zero-order valence-corrected chi connectivity index (χ0v) is 15.9. The van der Waals surface area contributed by atoms with Crippen molar-refractivity contribution >= 4 is 16.5 Å². The number of hydrazone groups is 1. The minimum absolute atomic E-state index is 0.187. The molecule has 0 bridgehead atoms. The van der Waals surface area contributed by atoms with Gasteiger partial charge >= 0.3 is 0 Å². The Balaban J connectivity index is 1.47. The number of fused-ring (bicyclic) bond motifs is 4. The zero-order chi connectivity index (χ0) is 19.2. The maximum atomic E-state index is 6.48. The third-order valence-electron chi connectivity index (χ3n) is 5.86. The van der Waals surface area contributed by atoms with Crippen LogP contribution in [0.2, 0.25) is 0 Å². The van der Waals surface area contributed by atoms with Gasteiger partial charge in [0.1, 0.15) is 5.75 Å². The summed E-state index contributed by atoms with van der Waals surface area (Å²) >= 11 is 0. The highest BCUT2D eigenvalue weighted by Gasteiger charge is 2.40. The summed E-state index contributed by atoms with van der Waals surface area (Å²) in [6, 6.07) is 34.0. The SMILES string of the molecule is c1ccc(C2=NN3[C@@H](c4ccc5ccccc5c4)Oc4ccccc4[C@@H]3C2)cc1. The molecule has 0 saturated heterocycles. The standard InChI is InChI=1S/C26H20N2O/c1-2-9-19(10-3-1)23-17-24-22-12-6-7-13-25(22)29-26(28(24)27-23)21-15-14-18-8-4-5-11-20(18)16-21/h1-16,24,26H,17H2/t24-,26+/m0/s1. The average molecular weight is 376 g/mol. The van der Waals surface area contributed by atoms with Crippen LogP contribution in [0.25, 0.3) is 10.8 Å². The highest BCUT2D eigenvalue weighted by molar-refractivity contribution is 6.01. The van der Waals surface area contributed by atoms with E-state index >= 15 is 0 Å². The van der Waals surface area contributed by atoms with Crippen molar-refractivity contribution in [1.82, 2.24) is 5.01 Å². The van der Waals surface area contributed by atoms with Crippen LogP contribution in [0, 0.1) is 0 Å². The van der Waals surface area contributed by atoms with Gasteiger partial charge in [-0.3, -0.25) is 0 Å². The largest absolute Gasteiger partial charge is 0.464 e. The van der Waals surface area contributed by atoms with Crippen molar-refractivity contribution in [3.05, 3.63) is 114 Å². The quantitative estimate of drug-likeness (QED) is 0.423. The maximum Gasteiger partial charge on any atom is 0.213 e. The topological polar surface area (TPSA) is 24.8 Å². The van der Waals surface area contributed by atoms with E-state index in [2.05, 4.69) is 89.9 Å². The Morgan fingerprint density at radius 2 is 1.52 bits per heavy atom. The van der Waals surface area contributed by atoms with E-state index in [0.717, 1.165) is 23.4 Å². The van der Waals surface area contributed by atoms with Crippen LogP contribution in [0.15, 0.2) is 102 Å². The van der Waals surface area contributed by atoms with Crippen molar-refractivity contribution in [2.24, 2.45) is 5.10 Å².